The first-order valence-electron chi connectivity index (χ1n) is 9.44. The number of amides is 1. The van der Waals surface area contributed by atoms with Crippen LogP contribution in [0.4, 0.5) is 10.1 Å². The molecule has 1 N–H and O–H groups in total. The van der Waals surface area contributed by atoms with E-state index in [9.17, 15) is 9.18 Å². The molecule has 1 aromatic heterocycles. The number of benzene rings is 2. The van der Waals surface area contributed by atoms with Gasteiger partial charge in [-0.05, 0) is 56.2 Å². The van der Waals surface area contributed by atoms with Crippen LogP contribution in [0.3, 0.4) is 0 Å². The zero-order chi connectivity index (χ0) is 20.2. The van der Waals surface area contributed by atoms with Gasteiger partial charge >= 0.3 is 0 Å². The van der Waals surface area contributed by atoms with Gasteiger partial charge in [-0.1, -0.05) is 6.07 Å². The Morgan fingerprint density at radius 1 is 1.31 bits per heavy atom. The first kappa shape index (κ1) is 19.1. The van der Waals surface area contributed by atoms with Gasteiger partial charge in [0, 0.05) is 18.4 Å². The molecule has 0 aliphatic carbocycles. The first-order valence-corrected chi connectivity index (χ1v) is 9.44. The minimum atomic E-state index is -0.440. The third-order valence-electron chi connectivity index (χ3n) is 4.60. The van der Waals surface area contributed by atoms with Gasteiger partial charge in [0.1, 0.15) is 24.0 Å². The summed E-state index contributed by atoms with van der Waals surface area (Å²) in [5.41, 5.74) is 1.20. The molecule has 1 aliphatic rings. The van der Waals surface area contributed by atoms with E-state index in [1.54, 1.807) is 37.3 Å². The maximum absolute atomic E-state index is 13.1. The van der Waals surface area contributed by atoms with E-state index in [-0.39, 0.29) is 17.7 Å². The van der Waals surface area contributed by atoms with E-state index in [2.05, 4.69) is 15.4 Å². The van der Waals surface area contributed by atoms with E-state index in [0.717, 1.165) is 19.4 Å². The second-order valence-electron chi connectivity index (χ2n) is 6.80. The molecule has 0 spiro atoms. The summed E-state index contributed by atoms with van der Waals surface area (Å²) in [7, 11) is 0. The van der Waals surface area contributed by atoms with Gasteiger partial charge in [-0.15, -0.1) is 5.10 Å². The summed E-state index contributed by atoms with van der Waals surface area (Å²) in [6.45, 7) is 2.99. The van der Waals surface area contributed by atoms with Crippen LogP contribution in [0.25, 0.3) is 5.69 Å². The van der Waals surface area contributed by atoms with Gasteiger partial charge in [0.25, 0.3) is 5.91 Å². The number of rotatable bonds is 6. The Kier molecular flexibility index (Phi) is 5.53. The average molecular weight is 396 g/mol. The standard InChI is InChI=1S/C21H21FN4O3/c1-14-23-20(25-26(14)17-9-7-15(22)8-10-17)21(27)24-16-4-2-5-18(12-16)29-13-19-6-3-11-28-19/h2,4-5,7-10,12,19H,3,6,11,13H2,1H3,(H,24,27)/t19-/m1/s1. The number of hydrogen-bond donors (Lipinski definition) is 1. The lowest BCUT2D eigenvalue weighted by molar-refractivity contribution is 0.0680. The van der Waals surface area contributed by atoms with Crippen molar-refractivity contribution in [2.75, 3.05) is 18.5 Å². The molecule has 3 aromatic rings. The monoisotopic (exact) mass is 396 g/mol. The summed E-state index contributed by atoms with van der Waals surface area (Å²) in [4.78, 5) is 16.8. The highest BCUT2D eigenvalue weighted by molar-refractivity contribution is 6.01. The van der Waals surface area contributed by atoms with Gasteiger partial charge in [-0.25, -0.2) is 14.1 Å². The van der Waals surface area contributed by atoms with Crippen LogP contribution >= 0.6 is 0 Å². The number of anilines is 1. The van der Waals surface area contributed by atoms with Crippen LogP contribution in [0.5, 0.6) is 5.75 Å². The van der Waals surface area contributed by atoms with Crippen molar-refractivity contribution in [2.24, 2.45) is 0 Å². The third kappa shape index (κ3) is 4.60. The van der Waals surface area contributed by atoms with Gasteiger partial charge in [-0.2, -0.15) is 0 Å². The Hall–Kier alpha value is -3.26. The first-order chi connectivity index (χ1) is 14.1. The Balaban J connectivity index is 1.43. The molecular weight excluding hydrogens is 375 g/mol. The number of aryl methyl sites for hydroxylation is 1. The number of carbonyl (C=O) groups excluding carboxylic acids is 1. The minimum Gasteiger partial charge on any atom is -0.491 e. The van der Waals surface area contributed by atoms with Crippen LogP contribution in [-0.2, 0) is 4.74 Å². The molecule has 7 nitrogen and oxygen atoms in total. The molecule has 2 aromatic carbocycles. The van der Waals surface area contributed by atoms with E-state index >= 15 is 0 Å². The molecule has 8 heteroatoms. The number of aromatic nitrogens is 3. The molecule has 1 saturated heterocycles. The zero-order valence-electron chi connectivity index (χ0n) is 16.0. The fourth-order valence-electron chi connectivity index (χ4n) is 3.13. The van der Waals surface area contributed by atoms with Crippen LogP contribution in [0, 0.1) is 12.7 Å². The summed E-state index contributed by atoms with van der Waals surface area (Å²) in [5.74, 6) is 0.420. The molecule has 4 rings (SSSR count). The van der Waals surface area contributed by atoms with Gasteiger partial charge < -0.3 is 14.8 Å². The predicted octanol–water partition coefficient (Wildman–Crippen LogP) is 3.52. The molecule has 1 amide bonds. The van der Waals surface area contributed by atoms with Crippen molar-refractivity contribution in [1.82, 2.24) is 14.8 Å². The number of carbonyl (C=O) groups is 1. The van der Waals surface area contributed by atoms with Crippen molar-refractivity contribution in [3.8, 4) is 11.4 Å². The fourth-order valence-corrected chi connectivity index (χ4v) is 3.13. The van der Waals surface area contributed by atoms with Crippen LogP contribution < -0.4 is 10.1 Å². The van der Waals surface area contributed by atoms with Crippen LogP contribution in [0.15, 0.2) is 48.5 Å². The number of nitrogens with one attached hydrogen (secondary N) is 1. The molecule has 1 fully saturated rings. The summed E-state index contributed by atoms with van der Waals surface area (Å²) in [6, 6.07) is 13.0. The summed E-state index contributed by atoms with van der Waals surface area (Å²) < 4.78 is 25.9. The van der Waals surface area contributed by atoms with Gasteiger partial charge in [0.15, 0.2) is 0 Å². The molecule has 29 heavy (non-hydrogen) atoms. The molecule has 150 valence electrons. The van der Waals surface area contributed by atoms with Gasteiger partial charge in [0.2, 0.25) is 5.82 Å². The van der Waals surface area contributed by atoms with E-state index in [4.69, 9.17) is 9.47 Å². The lowest BCUT2D eigenvalue weighted by Gasteiger charge is -2.12. The molecule has 0 bridgehead atoms. The Labute approximate surface area is 167 Å². The Morgan fingerprint density at radius 3 is 2.90 bits per heavy atom. The molecule has 1 atom stereocenters. The lowest BCUT2D eigenvalue weighted by Crippen LogP contribution is -2.17. The fraction of sp³-hybridized carbons (Fsp3) is 0.286. The molecule has 2 heterocycles. The Bertz CT molecular complexity index is 997. The van der Waals surface area contributed by atoms with E-state index in [0.29, 0.717) is 29.6 Å². The molecular formula is C21H21FN4O3. The van der Waals surface area contributed by atoms with Crippen molar-refractivity contribution in [3.05, 3.63) is 66.0 Å². The molecule has 0 radical (unpaired) electrons. The quantitative estimate of drug-likeness (QED) is 0.690. The zero-order valence-corrected chi connectivity index (χ0v) is 16.0. The van der Waals surface area contributed by atoms with E-state index in [1.807, 2.05) is 6.07 Å². The van der Waals surface area contributed by atoms with Gasteiger partial charge in [-0.3, -0.25) is 4.79 Å². The van der Waals surface area contributed by atoms with Crippen molar-refractivity contribution in [1.29, 1.82) is 0 Å². The van der Waals surface area contributed by atoms with Crippen molar-refractivity contribution >= 4 is 11.6 Å². The predicted molar refractivity (Wildman–Crippen MR) is 105 cm³/mol. The normalized spacial score (nSPS) is 16.0. The maximum atomic E-state index is 13.1. The van der Waals surface area contributed by atoms with Gasteiger partial charge in [0.05, 0.1) is 11.8 Å². The maximum Gasteiger partial charge on any atom is 0.295 e. The highest BCUT2D eigenvalue weighted by Crippen LogP contribution is 2.20. The lowest BCUT2D eigenvalue weighted by atomic mass is 10.2. The van der Waals surface area contributed by atoms with Crippen LogP contribution in [0.2, 0.25) is 0 Å². The summed E-state index contributed by atoms with van der Waals surface area (Å²) in [5, 5.41) is 7.02. The number of ether oxygens (including phenoxy) is 2. The summed E-state index contributed by atoms with van der Waals surface area (Å²) >= 11 is 0. The molecule has 1 aliphatic heterocycles. The average Bonchev–Trinajstić information content (AvgIpc) is 3.37. The van der Waals surface area contributed by atoms with Crippen molar-refractivity contribution in [3.63, 3.8) is 0 Å². The Morgan fingerprint density at radius 2 is 2.14 bits per heavy atom. The summed E-state index contributed by atoms with van der Waals surface area (Å²) in [6.07, 6.45) is 2.18. The van der Waals surface area contributed by atoms with Crippen LogP contribution in [-0.4, -0.2) is 40.0 Å². The molecule has 0 unspecified atom stereocenters. The topological polar surface area (TPSA) is 78.3 Å². The van der Waals surface area contributed by atoms with E-state index in [1.165, 1.54) is 16.8 Å². The minimum absolute atomic E-state index is 0.0255. The smallest absolute Gasteiger partial charge is 0.295 e. The van der Waals surface area contributed by atoms with Crippen molar-refractivity contribution in [2.45, 2.75) is 25.9 Å². The van der Waals surface area contributed by atoms with Crippen molar-refractivity contribution < 1.29 is 18.7 Å². The third-order valence-corrected chi connectivity index (χ3v) is 4.60. The largest absolute Gasteiger partial charge is 0.491 e. The second kappa shape index (κ2) is 8.40. The molecule has 0 saturated carbocycles. The number of nitrogens with zero attached hydrogens (tertiary/aromatic N) is 3. The van der Waals surface area contributed by atoms with Crippen LogP contribution in [0.1, 0.15) is 29.3 Å². The highest BCUT2D eigenvalue weighted by Gasteiger charge is 2.17. The SMILES string of the molecule is Cc1nc(C(=O)Nc2cccc(OC[C@H]3CCCO3)c2)nn1-c1ccc(F)cc1. The second-order valence-corrected chi connectivity index (χ2v) is 6.80. The number of hydrogen-bond acceptors (Lipinski definition) is 5. The number of halogens is 1. The van der Waals surface area contributed by atoms with E-state index < -0.39 is 5.91 Å². The highest BCUT2D eigenvalue weighted by atomic mass is 19.1.